The summed E-state index contributed by atoms with van der Waals surface area (Å²) in [5, 5.41) is -1.23. The molecule has 2 atom stereocenters. The SMILES string of the molecule is COC1CCSC(C(F)(F)F)C1. The Morgan fingerprint density at radius 3 is 2.58 bits per heavy atom. The molecule has 1 aliphatic rings. The molecule has 1 nitrogen and oxygen atoms in total. The van der Waals surface area contributed by atoms with Crippen LogP contribution in [0, 0.1) is 0 Å². The van der Waals surface area contributed by atoms with E-state index in [1.54, 1.807) is 0 Å². The Bertz CT molecular complexity index is 148. The molecular weight excluding hydrogens is 189 g/mol. The maximum atomic E-state index is 12.2. The second kappa shape index (κ2) is 3.87. The smallest absolute Gasteiger partial charge is 0.381 e. The van der Waals surface area contributed by atoms with Gasteiger partial charge in [0.15, 0.2) is 0 Å². The van der Waals surface area contributed by atoms with E-state index in [-0.39, 0.29) is 12.5 Å². The fourth-order valence-electron chi connectivity index (χ4n) is 1.21. The summed E-state index contributed by atoms with van der Waals surface area (Å²) in [6, 6.07) is 0. The van der Waals surface area contributed by atoms with Crippen LogP contribution in [0.3, 0.4) is 0 Å². The summed E-state index contributed by atoms with van der Waals surface area (Å²) in [5.41, 5.74) is 0. The Morgan fingerprint density at radius 2 is 2.08 bits per heavy atom. The average Bonchev–Trinajstić information content (AvgIpc) is 2.03. The van der Waals surface area contributed by atoms with Gasteiger partial charge >= 0.3 is 6.18 Å². The highest BCUT2D eigenvalue weighted by atomic mass is 32.2. The van der Waals surface area contributed by atoms with E-state index in [9.17, 15) is 13.2 Å². The first-order valence-corrected chi connectivity index (χ1v) is 4.80. The third kappa shape index (κ3) is 2.55. The molecule has 0 aromatic rings. The van der Waals surface area contributed by atoms with Crippen LogP contribution in [0.2, 0.25) is 0 Å². The molecular formula is C7H11F3OS. The van der Waals surface area contributed by atoms with Gasteiger partial charge in [-0.15, -0.1) is 11.8 Å². The van der Waals surface area contributed by atoms with Gasteiger partial charge in [0.2, 0.25) is 0 Å². The lowest BCUT2D eigenvalue weighted by molar-refractivity contribution is -0.136. The van der Waals surface area contributed by atoms with E-state index in [1.165, 1.54) is 7.11 Å². The van der Waals surface area contributed by atoms with Crippen LogP contribution in [-0.4, -0.2) is 30.4 Å². The van der Waals surface area contributed by atoms with Gasteiger partial charge in [-0.25, -0.2) is 0 Å². The molecule has 0 aliphatic carbocycles. The number of halogens is 3. The van der Waals surface area contributed by atoms with Crippen LogP contribution in [0.15, 0.2) is 0 Å². The minimum absolute atomic E-state index is 0.102. The predicted molar refractivity (Wildman–Crippen MR) is 42.3 cm³/mol. The number of ether oxygens (including phenoxy) is 1. The quantitative estimate of drug-likeness (QED) is 0.643. The van der Waals surface area contributed by atoms with Gasteiger partial charge < -0.3 is 4.74 Å². The number of hydrogen-bond donors (Lipinski definition) is 0. The molecule has 0 spiro atoms. The molecule has 1 rings (SSSR count). The van der Waals surface area contributed by atoms with Gasteiger partial charge in [0.1, 0.15) is 5.25 Å². The molecule has 1 saturated heterocycles. The fourth-order valence-corrected chi connectivity index (χ4v) is 2.43. The molecule has 0 bridgehead atoms. The summed E-state index contributed by atoms with van der Waals surface area (Å²) in [6.07, 6.45) is -3.45. The minimum atomic E-state index is -4.07. The van der Waals surface area contributed by atoms with Crippen molar-refractivity contribution in [3.63, 3.8) is 0 Å². The topological polar surface area (TPSA) is 9.23 Å². The van der Waals surface area contributed by atoms with Gasteiger partial charge in [-0.2, -0.15) is 13.2 Å². The molecule has 1 fully saturated rings. The minimum Gasteiger partial charge on any atom is -0.381 e. The van der Waals surface area contributed by atoms with Crippen LogP contribution in [-0.2, 0) is 4.74 Å². The van der Waals surface area contributed by atoms with Crippen LogP contribution in [0.4, 0.5) is 13.2 Å². The van der Waals surface area contributed by atoms with Crippen molar-refractivity contribution in [3.05, 3.63) is 0 Å². The van der Waals surface area contributed by atoms with Crippen LogP contribution in [0.5, 0.6) is 0 Å². The third-order valence-electron chi connectivity index (χ3n) is 1.93. The molecule has 1 aliphatic heterocycles. The maximum Gasteiger partial charge on any atom is 0.400 e. The first-order valence-electron chi connectivity index (χ1n) is 3.75. The average molecular weight is 200 g/mol. The summed E-state index contributed by atoms with van der Waals surface area (Å²) in [7, 11) is 1.47. The highest BCUT2D eigenvalue weighted by molar-refractivity contribution is 8.00. The number of hydrogen-bond acceptors (Lipinski definition) is 2. The summed E-state index contributed by atoms with van der Waals surface area (Å²) in [5.74, 6) is 0.544. The number of methoxy groups -OCH3 is 1. The van der Waals surface area contributed by atoms with Crippen LogP contribution in [0.25, 0.3) is 0 Å². The summed E-state index contributed by atoms with van der Waals surface area (Å²) in [6.45, 7) is 0. The molecule has 0 saturated carbocycles. The van der Waals surface area contributed by atoms with Gasteiger partial charge in [-0.05, 0) is 18.6 Å². The van der Waals surface area contributed by atoms with Gasteiger partial charge in [0, 0.05) is 7.11 Å². The monoisotopic (exact) mass is 200 g/mol. The molecule has 0 radical (unpaired) electrons. The summed E-state index contributed by atoms with van der Waals surface area (Å²) in [4.78, 5) is 0. The van der Waals surface area contributed by atoms with Crippen LogP contribution in [0.1, 0.15) is 12.8 Å². The zero-order chi connectivity index (χ0) is 9.19. The molecule has 0 amide bonds. The standard InChI is InChI=1S/C7H11F3OS/c1-11-5-2-3-12-6(4-5)7(8,9)10/h5-6H,2-4H2,1H3. The first-order chi connectivity index (χ1) is 5.54. The van der Waals surface area contributed by atoms with E-state index < -0.39 is 11.4 Å². The molecule has 5 heteroatoms. The van der Waals surface area contributed by atoms with Crippen molar-refractivity contribution < 1.29 is 17.9 Å². The van der Waals surface area contributed by atoms with Gasteiger partial charge in [0.25, 0.3) is 0 Å². The highest BCUT2D eigenvalue weighted by Crippen LogP contribution is 2.38. The number of alkyl halides is 3. The molecule has 1 heterocycles. The second-order valence-corrected chi connectivity index (χ2v) is 4.09. The van der Waals surface area contributed by atoms with Crippen LogP contribution < -0.4 is 0 Å². The van der Waals surface area contributed by atoms with Gasteiger partial charge in [0.05, 0.1) is 6.10 Å². The molecule has 0 aromatic heterocycles. The lowest BCUT2D eigenvalue weighted by Crippen LogP contribution is -2.34. The van der Waals surface area contributed by atoms with E-state index in [2.05, 4.69) is 0 Å². The lowest BCUT2D eigenvalue weighted by Gasteiger charge is -2.29. The second-order valence-electron chi connectivity index (χ2n) is 2.78. The third-order valence-corrected chi connectivity index (χ3v) is 3.27. The fraction of sp³-hybridized carbons (Fsp3) is 1.00. The zero-order valence-corrected chi connectivity index (χ0v) is 7.54. The van der Waals surface area contributed by atoms with Crippen molar-refractivity contribution in [1.82, 2.24) is 0 Å². The van der Waals surface area contributed by atoms with Crippen LogP contribution >= 0.6 is 11.8 Å². The van der Waals surface area contributed by atoms with E-state index in [1.807, 2.05) is 0 Å². The van der Waals surface area contributed by atoms with Crippen molar-refractivity contribution >= 4 is 11.8 Å². The molecule has 0 aromatic carbocycles. The Labute approximate surface area is 73.7 Å². The summed E-state index contributed by atoms with van der Waals surface area (Å²) < 4.78 is 41.4. The van der Waals surface area contributed by atoms with Gasteiger partial charge in [-0.1, -0.05) is 0 Å². The van der Waals surface area contributed by atoms with Crippen molar-refractivity contribution in [1.29, 1.82) is 0 Å². The van der Waals surface area contributed by atoms with E-state index in [0.717, 1.165) is 18.2 Å². The maximum absolute atomic E-state index is 12.2. The normalized spacial score (nSPS) is 32.0. The Hall–Kier alpha value is 0.100. The molecule has 12 heavy (non-hydrogen) atoms. The highest BCUT2D eigenvalue weighted by Gasteiger charge is 2.42. The predicted octanol–water partition coefficient (Wildman–Crippen LogP) is 2.46. The molecule has 72 valence electrons. The Balaban J connectivity index is 2.46. The van der Waals surface area contributed by atoms with Crippen molar-refractivity contribution in [2.45, 2.75) is 30.4 Å². The van der Waals surface area contributed by atoms with E-state index >= 15 is 0 Å². The molecule has 2 unspecified atom stereocenters. The summed E-state index contributed by atoms with van der Waals surface area (Å²) >= 11 is 0.984. The molecule has 0 N–H and O–H groups in total. The van der Waals surface area contributed by atoms with Gasteiger partial charge in [-0.3, -0.25) is 0 Å². The first kappa shape index (κ1) is 10.2. The lowest BCUT2D eigenvalue weighted by atomic mass is 10.1. The Morgan fingerprint density at radius 1 is 1.42 bits per heavy atom. The van der Waals surface area contributed by atoms with E-state index in [0.29, 0.717) is 5.75 Å². The van der Waals surface area contributed by atoms with Crippen molar-refractivity contribution in [2.24, 2.45) is 0 Å². The Kier molecular flexibility index (Phi) is 3.29. The zero-order valence-electron chi connectivity index (χ0n) is 6.73. The largest absolute Gasteiger partial charge is 0.400 e. The number of rotatable bonds is 1. The van der Waals surface area contributed by atoms with Crippen molar-refractivity contribution in [3.8, 4) is 0 Å². The number of thioether (sulfide) groups is 1. The van der Waals surface area contributed by atoms with E-state index in [4.69, 9.17) is 4.74 Å². The van der Waals surface area contributed by atoms with Crippen molar-refractivity contribution in [2.75, 3.05) is 12.9 Å².